The summed E-state index contributed by atoms with van der Waals surface area (Å²) in [6.07, 6.45) is 5.24. The Hall–Kier alpha value is -2.95. The second-order valence-electron chi connectivity index (χ2n) is 5.31. The average molecular weight is 309 g/mol. The first-order chi connectivity index (χ1) is 11.1. The highest BCUT2D eigenvalue weighted by Crippen LogP contribution is 2.13. The summed E-state index contributed by atoms with van der Waals surface area (Å²) in [5.41, 5.74) is 2.29. The lowest BCUT2D eigenvalue weighted by Gasteiger charge is -2.17. The molecule has 1 aromatic heterocycles. The number of carbonyl (C=O) groups is 1. The molecule has 1 amide bonds. The van der Waals surface area contributed by atoms with Gasteiger partial charge in [-0.3, -0.25) is 4.79 Å². The molecule has 0 N–H and O–H groups in total. The first kappa shape index (κ1) is 15.0. The van der Waals surface area contributed by atoms with Crippen LogP contribution in [0.2, 0.25) is 0 Å². The van der Waals surface area contributed by atoms with Crippen LogP contribution >= 0.6 is 0 Å². The van der Waals surface area contributed by atoms with E-state index in [2.05, 4.69) is 4.98 Å². The molecule has 0 radical (unpaired) electrons. The van der Waals surface area contributed by atoms with Crippen LogP contribution in [0.1, 0.15) is 15.9 Å². The minimum absolute atomic E-state index is 0.105. The first-order valence-electron chi connectivity index (χ1n) is 7.22. The quantitative estimate of drug-likeness (QED) is 0.742. The molecule has 0 aliphatic heterocycles. The normalized spacial score (nSPS) is 10.5. The molecular weight excluding hydrogens is 293 g/mol. The number of hydrogen-bond acceptors (Lipinski definition) is 2. The fourth-order valence-electron chi connectivity index (χ4n) is 2.39. The Morgan fingerprint density at radius 2 is 2.00 bits per heavy atom. The van der Waals surface area contributed by atoms with Gasteiger partial charge in [-0.15, -0.1) is 0 Å². The second-order valence-corrected chi connectivity index (χ2v) is 5.31. The summed E-state index contributed by atoms with van der Waals surface area (Å²) in [6.45, 7) is 0.361. The van der Waals surface area contributed by atoms with Gasteiger partial charge in [0, 0.05) is 37.2 Å². The molecule has 23 heavy (non-hydrogen) atoms. The lowest BCUT2D eigenvalue weighted by molar-refractivity contribution is 0.0785. The fraction of sp³-hybridized carbons (Fsp3) is 0.111. The van der Waals surface area contributed by atoms with Crippen molar-refractivity contribution < 1.29 is 9.18 Å². The van der Waals surface area contributed by atoms with Crippen LogP contribution in [0, 0.1) is 5.82 Å². The van der Waals surface area contributed by atoms with Gasteiger partial charge in [0.15, 0.2) is 0 Å². The maximum absolute atomic E-state index is 13.2. The van der Waals surface area contributed by atoms with Gasteiger partial charge < -0.3 is 9.47 Å². The van der Waals surface area contributed by atoms with Crippen molar-refractivity contribution in [1.29, 1.82) is 0 Å². The van der Waals surface area contributed by atoms with E-state index in [1.807, 2.05) is 22.9 Å². The van der Waals surface area contributed by atoms with Crippen LogP contribution in [0.25, 0.3) is 5.69 Å². The minimum atomic E-state index is -0.298. The number of halogens is 1. The molecule has 0 saturated heterocycles. The molecule has 0 atom stereocenters. The maximum atomic E-state index is 13.2. The Balaban J connectivity index is 1.72. The Bertz CT molecular complexity index is 797. The number of aromatic nitrogens is 2. The van der Waals surface area contributed by atoms with Gasteiger partial charge in [-0.2, -0.15) is 0 Å². The number of carbonyl (C=O) groups excluding carboxylic acids is 1. The van der Waals surface area contributed by atoms with Crippen molar-refractivity contribution in [2.24, 2.45) is 0 Å². The molecule has 0 aliphatic carbocycles. The van der Waals surface area contributed by atoms with Gasteiger partial charge in [0.25, 0.3) is 5.91 Å². The van der Waals surface area contributed by atoms with Crippen molar-refractivity contribution in [2.75, 3.05) is 7.05 Å². The van der Waals surface area contributed by atoms with Crippen LogP contribution in [-0.2, 0) is 6.54 Å². The van der Waals surface area contributed by atoms with Crippen molar-refractivity contribution in [1.82, 2.24) is 14.5 Å². The van der Waals surface area contributed by atoms with E-state index < -0.39 is 0 Å². The minimum Gasteiger partial charge on any atom is -0.337 e. The lowest BCUT2D eigenvalue weighted by Crippen LogP contribution is -2.26. The molecular formula is C18H16FN3O. The molecule has 0 fully saturated rings. The van der Waals surface area contributed by atoms with Gasteiger partial charge in [-0.25, -0.2) is 9.37 Å². The molecule has 2 aromatic carbocycles. The Morgan fingerprint density at radius 3 is 2.65 bits per heavy atom. The molecule has 116 valence electrons. The average Bonchev–Trinajstić information content (AvgIpc) is 3.09. The van der Waals surface area contributed by atoms with E-state index in [1.165, 1.54) is 12.1 Å². The van der Waals surface area contributed by atoms with E-state index in [0.717, 1.165) is 11.3 Å². The molecule has 4 nitrogen and oxygen atoms in total. The van der Waals surface area contributed by atoms with Crippen molar-refractivity contribution in [3.8, 4) is 5.69 Å². The largest absolute Gasteiger partial charge is 0.337 e. The van der Waals surface area contributed by atoms with Crippen LogP contribution in [0.15, 0.2) is 67.3 Å². The number of imidazole rings is 1. The molecule has 3 aromatic rings. The lowest BCUT2D eigenvalue weighted by atomic mass is 10.1. The van der Waals surface area contributed by atoms with E-state index in [4.69, 9.17) is 0 Å². The molecule has 5 heteroatoms. The number of hydrogen-bond donors (Lipinski definition) is 0. The molecule has 0 bridgehead atoms. The number of rotatable bonds is 4. The zero-order valence-corrected chi connectivity index (χ0v) is 12.7. The zero-order chi connectivity index (χ0) is 16.2. The SMILES string of the molecule is CN(Cc1cccc(F)c1)C(=O)c1ccc(-n2ccnc2)cc1. The van der Waals surface area contributed by atoms with Crippen LogP contribution < -0.4 is 0 Å². The highest BCUT2D eigenvalue weighted by molar-refractivity contribution is 5.94. The third-order valence-electron chi connectivity index (χ3n) is 3.57. The first-order valence-corrected chi connectivity index (χ1v) is 7.22. The van der Waals surface area contributed by atoms with Crippen molar-refractivity contribution in [3.05, 3.63) is 84.2 Å². The summed E-state index contributed by atoms with van der Waals surface area (Å²) >= 11 is 0. The summed E-state index contributed by atoms with van der Waals surface area (Å²) in [6, 6.07) is 13.6. The number of amides is 1. The summed E-state index contributed by atoms with van der Waals surface area (Å²) < 4.78 is 15.1. The predicted molar refractivity (Wildman–Crippen MR) is 85.8 cm³/mol. The van der Waals surface area contributed by atoms with Gasteiger partial charge in [-0.05, 0) is 42.0 Å². The van der Waals surface area contributed by atoms with Crippen LogP contribution in [0.4, 0.5) is 4.39 Å². The Kier molecular flexibility index (Phi) is 4.19. The summed E-state index contributed by atoms with van der Waals surface area (Å²) in [5.74, 6) is -0.403. The molecule has 0 spiro atoms. The Morgan fingerprint density at radius 1 is 1.22 bits per heavy atom. The molecule has 0 saturated carbocycles. The summed E-state index contributed by atoms with van der Waals surface area (Å²) in [5, 5.41) is 0. The van der Waals surface area contributed by atoms with Crippen molar-refractivity contribution in [2.45, 2.75) is 6.54 Å². The van der Waals surface area contributed by atoms with Crippen molar-refractivity contribution in [3.63, 3.8) is 0 Å². The standard InChI is InChI=1S/C18H16FN3O/c1-21(12-14-3-2-4-16(19)11-14)18(23)15-5-7-17(8-6-15)22-10-9-20-13-22/h2-11,13H,12H2,1H3. The highest BCUT2D eigenvalue weighted by atomic mass is 19.1. The maximum Gasteiger partial charge on any atom is 0.253 e. The number of benzene rings is 2. The van der Waals surface area contributed by atoms with Crippen LogP contribution in [0.3, 0.4) is 0 Å². The Labute approximate surface area is 133 Å². The van der Waals surface area contributed by atoms with Gasteiger partial charge >= 0.3 is 0 Å². The van der Waals surface area contributed by atoms with Gasteiger partial charge in [0.1, 0.15) is 5.82 Å². The molecule has 1 heterocycles. The third kappa shape index (κ3) is 3.45. The highest BCUT2D eigenvalue weighted by Gasteiger charge is 2.12. The molecule has 3 rings (SSSR count). The van der Waals surface area contributed by atoms with E-state index in [0.29, 0.717) is 12.1 Å². The van der Waals surface area contributed by atoms with E-state index in [-0.39, 0.29) is 11.7 Å². The number of nitrogens with zero attached hydrogens (tertiary/aromatic N) is 3. The smallest absolute Gasteiger partial charge is 0.253 e. The van der Waals surface area contributed by atoms with E-state index in [1.54, 1.807) is 48.7 Å². The fourth-order valence-corrected chi connectivity index (χ4v) is 2.39. The van der Waals surface area contributed by atoms with Gasteiger partial charge in [-0.1, -0.05) is 12.1 Å². The zero-order valence-electron chi connectivity index (χ0n) is 12.7. The second kappa shape index (κ2) is 6.44. The van der Waals surface area contributed by atoms with Crippen LogP contribution in [0.5, 0.6) is 0 Å². The van der Waals surface area contributed by atoms with Crippen molar-refractivity contribution >= 4 is 5.91 Å². The summed E-state index contributed by atoms with van der Waals surface area (Å²) in [4.78, 5) is 18.0. The van der Waals surface area contributed by atoms with E-state index >= 15 is 0 Å². The topological polar surface area (TPSA) is 38.1 Å². The monoisotopic (exact) mass is 309 g/mol. The van der Waals surface area contributed by atoms with Gasteiger partial charge in [0.2, 0.25) is 0 Å². The van der Waals surface area contributed by atoms with Gasteiger partial charge in [0.05, 0.1) is 6.33 Å². The third-order valence-corrected chi connectivity index (χ3v) is 3.57. The predicted octanol–water partition coefficient (Wildman–Crippen LogP) is 3.28. The van der Waals surface area contributed by atoms with E-state index in [9.17, 15) is 9.18 Å². The summed E-state index contributed by atoms with van der Waals surface area (Å²) in [7, 11) is 1.71. The molecule has 0 aliphatic rings. The molecule has 0 unspecified atom stereocenters. The van der Waals surface area contributed by atoms with Crippen LogP contribution in [-0.4, -0.2) is 27.4 Å².